The number of halogens is 2. The molecule has 2 aromatic carbocycles. The number of aromatic nitrogens is 3. The van der Waals surface area contributed by atoms with Crippen molar-refractivity contribution >= 4 is 32.6 Å². The summed E-state index contributed by atoms with van der Waals surface area (Å²) in [5.74, 6) is -1.54. The Morgan fingerprint density at radius 3 is 2.52 bits per heavy atom. The van der Waals surface area contributed by atoms with Crippen molar-refractivity contribution in [3.63, 3.8) is 0 Å². The van der Waals surface area contributed by atoms with E-state index in [1.54, 1.807) is 24.4 Å². The monoisotopic (exact) mass is 568 g/mol. The van der Waals surface area contributed by atoms with E-state index in [1.165, 1.54) is 25.4 Å². The van der Waals surface area contributed by atoms with Crippen molar-refractivity contribution in [2.45, 2.75) is 42.7 Å². The Bertz CT molecular complexity index is 1640. The third-order valence-corrected chi connectivity index (χ3v) is 8.56. The zero-order valence-electron chi connectivity index (χ0n) is 22.4. The van der Waals surface area contributed by atoms with E-state index >= 15 is 4.39 Å². The Morgan fingerprint density at radius 2 is 1.80 bits per heavy atom. The maximum atomic E-state index is 15.6. The minimum atomic E-state index is -4.28. The normalized spacial score (nSPS) is 17.6. The predicted octanol–water partition coefficient (Wildman–Crippen LogP) is 5.06. The van der Waals surface area contributed by atoms with Crippen LogP contribution in [0.5, 0.6) is 5.88 Å². The van der Waals surface area contributed by atoms with Crippen molar-refractivity contribution in [2.75, 3.05) is 31.2 Å². The second-order valence-corrected chi connectivity index (χ2v) is 11.6. The van der Waals surface area contributed by atoms with Crippen LogP contribution in [-0.2, 0) is 10.0 Å². The second-order valence-electron chi connectivity index (χ2n) is 9.98. The highest BCUT2D eigenvalue weighted by atomic mass is 32.2. The zero-order valence-corrected chi connectivity index (χ0v) is 23.2. The molecule has 0 radical (unpaired) electrons. The first-order valence-electron chi connectivity index (χ1n) is 12.9. The van der Waals surface area contributed by atoms with Crippen LogP contribution in [0.1, 0.15) is 25.7 Å². The second kappa shape index (κ2) is 11.3. The Morgan fingerprint density at radius 1 is 1.02 bits per heavy atom. The van der Waals surface area contributed by atoms with Crippen LogP contribution in [0.4, 0.5) is 20.4 Å². The van der Waals surface area contributed by atoms with Gasteiger partial charge in [0.15, 0.2) is 5.82 Å². The molecule has 40 heavy (non-hydrogen) atoms. The standard InChI is InChI=1S/C28H30F2N6O3S/c1-36(2)20-9-7-19(8-10-20)33-28-32-16-18-15-17(6-12-22(18)34-28)25-21(29)11-13-23(26(25)30)35-40(37,38)24-5-4-14-31-27(24)39-3/h4-6,11-16,19-20,35H,7-10H2,1-3H3,(H,32,33,34). The Balaban J connectivity index is 1.39. The van der Waals surface area contributed by atoms with Gasteiger partial charge in [-0.3, -0.25) is 4.72 Å². The summed E-state index contributed by atoms with van der Waals surface area (Å²) >= 11 is 0. The minimum Gasteiger partial charge on any atom is -0.480 e. The number of nitrogens with one attached hydrogen (secondary N) is 2. The van der Waals surface area contributed by atoms with E-state index in [1.807, 2.05) is 0 Å². The maximum Gasteiger partial charge on any atom is 0.267 e. The molecule has 12 heteroatoms. The molecule has 5 rings (SSSR count). The molecule has 0 spiro atoms. The van der Waals surface area contributed by atoms with Crippen LogP contribution in [0, 0.1) is 11.6 Å². The lowest BCUT2D eigenvalue weighted by Crippen LogP contribution is -2.36. The van der Waals surface area contributed by atoms with E-state index in [0.29, 0.717) is 22.9 Å². The average molecular weight is 569 g/mol. The van der Waals surface area contributed by atoms with Gasteiger partial charge in [0.25, 0.3) is 10.0 Å². The topological polar surface area (TPSA) is 109 Å². The first-order chi connectivity index (χ1) is 19.2. The van der Waals surface area contributed by atoms with Crippen molar-refractivity contribution in [2.24, 2.45) is 0 Å². The number of anilines is 2. The van der Waals surface area contributed by atoms with Gasteiger partial charge < -0.3 is 15.0 Å². The number of hydrogen-bond donors (Lipinski definition) is 2. The summed E-state index contributed by atoms with van der Waals surface area (Å²) in [4.78, 5) is 14.9. The lowest BCUT2D eigenvalue weighted by atomic mass is 9.91. The Hall–Kier alpha value is -3.90. The van der Waals surface area contributed by atoms with E-state index in [9.17, 15) is 12.8 Å². The zero-order chi connectivity index (χ0) is 28.4. The summed E-state index contributed by atoms with van der Waals surface area (Å²) in [5.41, 5.74) is 0.0423. The van der Waals surface area contributed by atoms with Crippen molar-refractivity contribution in [1.82, 2.24) is 19.9 Å². The van der Waals surface area contributed by atoms with Gasteiger partial charge in [-0.05, 0) is 81.7 Å². The van der Waals surface area contributed by atoms with Gasteiger partial charge in [0.05, 0.1) is 23.9 Å². The number of rotatable bonds is 8. The van der Waals surface area contributed by atoms with Crippen LogP contribution >= 0.6 is 0 Å². The van der Waals surface area contributed by atoms with Crippen molar-refractivity contribution in [3.8, 4) is 17.0 Å². The van der Waals surface area contributed by atoms with Gasteiger partial charge in [0.2, 0.25) is 11.8 Å². The van der Waals surface area contributed by atoms with Crippen LogP contribution in [0.15, 0.2) is 59.8 Å². The maximum absolute atomic E-state index is 15.6. The van der Waals surface area contributed by atoms with Gasteiger partial charge >= 0.3 is 0 Å². The summed E-state index contributed by atoms with van der Waals surface area (Å²) < 4.78 is 63.6. The number of hydrogen-bond acceptors (Lipinski definition) is 8. The fourth-order valence-corrected chi connectivity index (χ4v) is 6.19. The molecule has 1 saturated carbocycles. The van der Waals surface area contributed by atoms with Gasteiger partial charge in [0, 0.05) is 29.9 Å². The van der Waals surface area contributed by atoms with E-state index in [0.717, 1.165) is 37.8 Å². The fraction of sp³-hybridized carbons (Fsp3) is 0.321. The molecule has 9 nitrogen and oxygen atoms in total. The largest absolute Gasteiger partial charge is 0.480 e. The number of pyridine rings is 1. The number of methoxy groups -OCH3 is 1. The van der Waals surface area contributed by atoms with Crippen LogP contribution in [0.2, 0.25) is 0 Å². The highest BCUT2D eigenvalue weighted by Gasteiger charge is 2.25. The third kappa shape index (κ3) is 5.68. The predicted molar refractivity (Wildman–Crippen MR) is 150 cm³/mol. The Labute approximate surface area is 231 Å². The molecule has 4 aromatic rings. The Kier molecular flexibility index (Phi) is 7.81. The molecular formula is C28H30F2N6O3S. The summed E-state index contributed by atoms with van der Waals surface area (Å²) in [6.45, 7) is 0. The quantitative estimate of drug-likeness (QED) is 0.304. The van der Waals surface area contributed by atoms with Gasteiger partial charge in [-0.25, -0.2) is 32.2 Å². The lowest BCUT2D eigenvalue weighted by Gasteiger charge is -2.32. The molecule has 2 aromatic heterocycles. The van der Waals surface area contributed by atoms with Crippen molar-refractivity contribution in [3.05, 3.63) is 66.5 Å². The smallest absolute Gasteiger partial charge is 0.267 e. The first kappa shape index (κ1) is 27.7. The summed E-state index contributed by atoms with van der Waals surface area (Å²) in [6, 6.07) is 10.4. The van der Waals surface area contributed by atoms with Gasteiger partial charge in [0.1, 0.15) is 10.7 Å². The van der Waals surface area contributed by atoms with Crippen molar-refractivity contribution < 1.29 is 21.9 Å². The first-order valence-corrected chi connectivity index (χ1v) is 14.3. The molecule has 0 atom stereocenters. The summed E-state index contributed by atoms with van der Waals surface area (Å²) in [6.07, 6.45) is 7.22. The number of nitrogens with zero attached hydrogens (tertiary/aromatic N) is 4. The molecular weight excluding hydrogens is 538 g/mol. The molecule has 0 unspecified atom stereocenters. The fourth-order valence-electron chi connectivity index (χ4n) is 5.01. The van der Waals surface area contributed by atoms with Gasteiger partial charge in [-0.1, -0.05) is 6.07 Å². The molecule has 1 fully saturated rings. The molecule has 1 aliphatic rings. The van der Waals surface area contributed by atoms with Crippen LogP contribution in [0.25, 0.3) is 22.0 Å². The molecule has 0 saturated heterocycles. The molecule has 0 amide bonds. The highest BCUT2D eigenvalue weighted by molar-refractivity contribution is 7.92. The van der Waals surface area contributed by atoms with E-state index in [4.69, 9.17) is 4.74 Å². The SMILES string of the molecule is COc1ncccc1S(=O)(=O)Nc1ccc(F)c(-c2ccc3nc(NC4CCC(N(C)C)CC4)ncc3c2)c1F. The molecule has 2 N–H and O–H groups in total. The van der Waals surface area contributed by atoms with E-state index in [2.05, 4.69) is 44.0 Å². The van der Waals surface area contributed by atoms with E-state index in [-0.39, 0.29) is 27.9 Å². The van der Waals surface area contributed by atoms with Crippen LogP contribution in [0.3, 0.4) is 0 Å². The highest BCUT2D eigenvalue weighted by Crippen LogP contribution is 2.34. The van der Waals surface area contributed by atoms with Gasteiger partial charge in [-0.2, -0.15) is 0 Å². The van der Waals surface area contributed by atoms with Gasteiger partial charge in [-0.15, -0.1) is 0 Å². The number of ether oxygens (including phenoxy) is 1. The lowest BCUT2D eigenvalue weighted by molar-refractivity contribution is 0.221. The summed E-state index contributed by atoms with van der Waals surface area (Å²) in [7, 11) is 1.20. The molecule has 0 aliphatic heterocycles. The third-order valence-electron chi connectivity index (χ3n) is 7.18. The van der Waals surface area contributed by atoms with Crippen LogP contribution in [-0.4, -0.2) is 61.6 Å². The summed E-state index contributed by atoms with van der Waals surface area (Å²) in [5, 5.41) is 4.00. The number of sulfonamides is 1. The van der Waals surface area contributed by atoms with E-state index < -0.39 is 27.3 Å². The van der Waals surface area contributed by atoms with Crippen LogP contribution < -0.4 is 14.8 Å². The number of benzene rings is 2. The molecule has 2 heterocycles. The average Bonchev–Trinajstić information content (AvgIpc) is 2.95. The molecule has 210 valence electrons. The minimum absolute atomic E-state index is 0.151. The van der Waals surface area contributed by atoms with Crippen molar-refractivity contribution in [1.29, 1.82) is 0 Å². The molecule has 1 aliphatic carbocycles. The number of fused-ring (bicyclic) bond motifs is 1. The molecule has 0 bridgehead atoms.